The Morgan fingerprint density at radius 1 is 1.33 bits per heavy atom. The number of hydrogen-bond donors (Lipinski definition) is 1. The van der Waals surface area contributed by atoms with Gasteiger partial charge >= 0.3 is 0 Å². The van der Waals surface area contributed by atoms with Gasteiger partial charge in [-0.25, -0.2) is 8.78 Å². The third kappa shape index (κ3) is 4.37. The molecular weight excluding hydrogens is 304 g/mol. The van der Waals surface area contributed by atoms with Crippen LogP contribution in [0, 0.1) is 17.6 Å². The van der Waals surface area contributed by atoms with Crippen LogP contribution in [0.25, 0.3) is 0 Å². The van der Waals surface area contributed by atoms with Gasteiger partial charge in [0.25, 0.3) is 5.91 Å². The molecule has 0 aliphatic heterocycles. The maximum absolute atomic E-state index is 13.0. The van der Waals surface area contributed by atoms with E-state index in [2.05, 4.69) is 35.1 Å². The average molecular weight is 320 g/mol. The summed E-state index contributed by atoms with van der Waals surface area (Å²) < 4.78 is 25.8. The third-order valence-corrected chi connectivity index (χ3v) is 3.24. The molecule has 0 spiro atoms. The van der Waals surface area contributed by atoms with Gasteiger partial charge in [0.1, 0.15) is 0 Å². The van der Waals surface area contributed by atoms with E-state index in [4.69, 9.17) is 0 Å². The fourth-order valence-electron chi connectivity index (χ4n) is 1.64. The number of benzene rings is 1. The number of nitrogens with one attached hydrogen (secondary N) is 1. The molecule has 1 aromatic carbocycles. The van der Waals surface area contributed by atoms with Crippen molar-refractivity contribution in [2.24, 2.45) is 5.92 Å². The van der Waals surface area contributed by atoms with E-state index in [-0.39, 0.29) is 17.5 Å². The molecule has 0 bridgehead atoms. The number of carbonyl (C=O) groups excluding carboxylic acids is 1. The Morgan fingerprint density at radius 2 is 2.00 bits per heavy atom. The minimum absolute atomic E-state index is 0.0226. The largest absolute Gasteiger partial charge is 0.348 e. The van der Waals surface area contributed by atoms with Gasteiger partial charge in [-0.3, -0.25) is 4.79 Å². The summed E-state index contributed by atoms with van der Waals surface area (Å²) in [5.74, 6) is -1.91. The molecule has 0 aromatic heterocycles. The molecular formula is C13H16BrF2NO. The number of halogens is 3. The Kier molecular flexibility index (Phi) is 5.72. The highest BCUT2D eigenvalue weighted by Gasteiger charge is 2.15. The molecule has 1 atom stereocenters. The first-order valence-electron chi connectivity index (χ1n) is 5.76. The first-order valence-corrected chi connectivity index (χ1v) is 6.88. The van der Waals surface area contributed by atoms with Crippen LogP contribution in [0.1, 0.15) is 30.6 Å². The van der Waals surface area contributed by atoms with Crippen molar-refractivity contribution < 1.29 is 13.6 Å². The molecule has 2 nitrogen and oxygen atoms in total. The van der Waals surface area contributed by atoms with Gasteiger partial charge in [-0.2, -0.15) is 0 Å². The van der Waals surface area contributed by atoms with Gasteiger partial charge in [-0.15, -0.1) is 0 Å². The Balaban J connectivity index is 2.71. The SMILES string of the molecule is CC(C)CC(CBr)NC(=O)c1ccc(F)c(F)c1. The van der Waals surface area contributed by atoms with Crippen molar-refractivity contribution in [2.45, 2.75) is 26.3 Å². The van der Waals surface area contributed by atoms with Crippen molar-refractivity contribution in [3.8, 4) is 0 Å². The first kappa shape index (κ1) is 15.1. The third-order valence-electron chi connectivity index (χ3n) is 2.46. The molecule has 0 fully saturated rings. The van der Waals surface area contributed by atoms with Gasteiger partial charge in [-0.05, 0) is 30.5 Å². The zero-order valence-electron chi connectivity index (χ0n) is 10.3. The van der Waals surface area contributed by atoms with Crippen molar-refractivity contribution in [3.05, 3.63) is 35.4 Å². The van der Waals surface area contributed by atoms with E-state index < -0.39 is 11.6 Å². The maximum atomic E-state index is 13.0. The Morgan fingerprint density at radius 3 is 2.50 bits per heavy atom. The lowest BCUT2D eigenvalue weighted by atomic mass is 10.0. The highest BCUT2D eigenvalue weighted by Crippen LogP contribution is 2.11. The number of alkyl halides is 1. The predicted molar refractivity (Wildman–Crippen MR) is 70.9 cm³/mol. The van der Waals surface area contributed by atoms with Crippen LogP contribution < -0.4 is 5.32 Å². The molecule has 5 heteroatoms. The van der Waals surface area contributed by atoms with Crippen molar-refractivity contribution in [1.82, 2.24) is 5.32 Å². The zero-order valence-corrected chi connectivity index (χ0v) is 11.9. The number of hydrogen-bond acceptors (Lipinski definition) is 1. The Bertz CT molecular complexity index is 423. The van der Waals surface area contributed by atoms with Crippen LogP contribution in [-0.4, -0.2) is 17.3 Å². The van der Waals surface area contributed by atoms with E-state index in [9.17, 15) is 13.6 Å². The number of rotatable bonds is 5. The summed E-state index contributed by atoms with van der Waals surface area (Å²) in [6.07, 6.45) is 0.820. The Labute approximate surface area is 114 Å². The number of carbonyl (C=O) groups is 1. The molecule has 0 aliphatic rings. The second-order valence-electron chi connectivity index (χ2n) is 4.58. The van der Waals surface area contributed by atoms with Crippen LogP contribution in [0.2, 0.25) is 0 Å². The normalized spacial score (nSPS) is 12.6. The molecule has 0 saturated carbocycles. The monoisotopic (exact) mass is 319 g/mol. The second-order valence-corrected chi connectivity index (χ2v) is 5.23. The van der Waals surface area contributed by atoms with E-state index in [1.165, 1.54) is 6.07 Å². The molecule has 18 heavy (non-hydrogen) atoms. The Hall–Kier alpha value is -0.970. The molecule has 0 saturated heterocycles. The summed E-state index contributed by atoms with van der Waals surface area (Å²) in [6.45, 7) is 4.11. The van der Waals surface area contributed by atoms with Crippen LogP contribution in [0.15, 0.2) is 18.2 Å². The fourth-order valence-corrected chi connectivity index (χ4v) is 2.06. The van der Waals surface area contributed by atoms with E-state index in [1.807, 2.05) is 0 Å². The van der Waals surface area contributed by atoms with E-state index in [0.29, 0.717) is 11.2 Å². The summed E-state index contributed by atoms with van der Waals surface area (Å²) in [6, 6.07) is 3.11. The molecule has 100 valence electrons. The summed E-state index contributed by atoms with van der Waals surface area (Å²) in [7, 11) is 0. The highest BCUT2D eigenvalue weighted by molar-refractivity contribution is 9.09. The fraction of sp³-hybridized carbons (Fsp3) is 0.462. The molecule has 1 N–H and O–H groups in total. The maximum Gasteiger partial charge on any atom is 0.251 e. The summed E-state index contributed by atoms with van der Waals surface area (Å²) >= 11 is 3.32. The lowest BCUT2D eigenvalue weighted by Gasteiger charge is -2.18. The van der Waals surface area contributed by atoms with Crippen LogP contribution in [0.4, 0.5) is 8.78 Å². The van der Waals surface area contributed by atoms with E-state index >= 15 is 0 Å². The molecule has 0 aliphatic carbocycles. The minimum atomic E-state index is -1.01. The molecule has 1 unspecified atom stereocenters. The lowest BCUT2D eigenvalue weighted by molar-refractivity contribution is 0.0936. The van der Waals surface area contributed by atoms with Gasteiger partial charge in [0, 0.05) is 16.9 Å². The molecule has 1 amide bonds. The van der Waals surface area contributed by atoms with Crippen molar-refractivity contribution in [1.29, 1.82) is 0 Å². The smallest absolute Gasteiger partial charge is 0.251 e. The number of amides is 1. The van der Waals surface area contributed by atoms with Crippen LogP contribution in [0.3, 0.4) is 0 Å². The summed E-state index contributed by atoms with van der Waals surface area (Å²) in [5.41, 5.74) is 0.128. The van der Waals surface area contributed by atoms with Crippen molar-refractivity contribution >= 4 is 21.8 Å². The quantitative estimate of drug-likeness (QED) is 0.827. The van der Waals surface area contributed by atoms with Crippen LogP contribution in [0.5, 0.6) is 0 Å². The van der Waals surface area contributed by atoms with Crippen molar-refractivity contribution in [2.75, 3.05) is 5.33 Å². The van der Waals surface area contributed by atoms with E-state index in [1.54, 1.807) is 0 Å². The predicted octanol–water partition coefficient (Wildman–Crippen LogP) is 3.50. The topological polar surface area (TPSA) is 29.1 Å². The molecule has 0 heterocycles. The molecule has 0 radical (unpaired) electrons. The lowest BCUT2D eigenvalue weighted by Crippen LogP contribution is -2.37. The van der Waals surface area contributed by atoms with Crippen molar-refractivity contribution in [3.63, 3.8) is 0 Å². The molecule has 1 aromatic rings. The van der Waals surface area contributed by atoms with Gasteiger partial charge in [0.05, 0.1) is 0 Å². The van der Waals surface area contributed by atoms with E-state index in [0.717, 1.165) is 18.6 Å². The van der Waals surface area contributed by atoms with Crippen LogP contribution in [-0.2, 0) is 0 Å². The molecule has 1 rings (SSSR count). The highest BCUT2D eigenvalue weighted by atomic mass is 79.9. The van der Waals surface area contributed by atoms with Crippen LogP contribution >= 0.6 is 15.9 Å². The summed E-state index contributed by atoms with van der Waals surface area (Å²) in [4.78, 5) is 11.8. The average Bonchev–Trinajstić information content (AvgIpc) is 2.31. The summed E-state index contributed by atoms with van der Waals surface area (Å²) in [5, 5.41) is 3.41. The van der Waals surface area contributed by atoms with Gasteiger partial charge < -0.3 is 5.32 Å². The van der Waals surface area contributed by atoms with Gasteiger partial charge in [-0.1, -0.05) is 29.8 Å². The first-order chi connectivity index (χ1) is 8.43. The standard InChI is InChI=1S/C13H16BrF2NO/c1-8(2)5-10(7-14)17-13(18)9-3-4-11(15)12(16)6-9/h3-4,6,8,10H,5,7H2,1-2H3,(H,17,18). The second kappa shape index (κ2) is 6.83. The minimum Gasteiger partial charge on any atom is -0.348 e. The zero-order chi connectivity index (χ0) is 13.7. The van der Waals surface area contributed by atoms with Gasteiger partial charge in [0.15, 0.2) is 11.6 Å². The van der Waals surface area contributed by atoms with Gasteiger partial charge in [0.2, 0.25) is 0 Å².